The van der Waals surface area contributed by atoms with E-state index in [9.17, 15) is 19.8 Å². The lowest BCUT2D eigenvalue weighted by Gasteiger charge is -2.25. The highest BCUT2D eigenvalue weighted by molar-refractivity contribution is 7.09. The summed E-state index contributed by atoms with van der Waals surface area (Å²) in [7, 11) is 0. The van der Waals surface area contributed by atoms with Crippen molar-refractivity contribution < 1.29 is 19.8 Å². The average Bonchev–Trinajstić information content (AvgIpc) is 3.43. The lowest BCUT2D eigenvalue weighted by molar-refractivity contribution is -0.151. The number of carbonyl (C=O) groups excluding carboxylic acids is 2. The van der Waals surface area contributed by atoms with E-state index in [4.69, 9.17) is 0 Å². The SMILES string of the molecule is O=C(NCc1nc(Cc2ccccc2)cs1)[C@H](O)[C@@H](O)C(=O)N1CCC2=C1C=CCC2. The summed E-state index contributed by atoms with van der Waals surface area (Å²) in [6.07, 6.45) is 3.51. The molecule has 1 aliphatic carbocycles. The van der Waals surface area contributed by atoms with E-state index in [0.29, 0.717) is 18.0 Å². The van der Waals surface area contributed by atoms with E-state index in [1.165, 1.54) is 21.8 Å². The molecule has 0 saturated carbocycles. The number of aromatic nitrogens is 1. The molecule has 2 aromatic rings. The molecule has 162 valence electrons. The van der Waals surface area contributed by atoms with Gasteiger partial charge in [0, 0.05) is 24.0 Å². The number of allylic oxidation sites excluding steroid dienone is 2. The van der Waals surface area contributed by atoms with Gasteiger partial charge in [0.05, 0.1) is 12.2 Å². The molecular formula is C23H25N3O4S. The first kappa shape index (κ1) is 21.4. The second kappa shape index (κ2) is 9.55. The Morgan fingerprint density at radius 2 is 1.97 bits per heavy atom. The maximum absolute atomic E-state index is 12.7. The highest BCUT2D eigenvalue weighted by Crippen LogP contribution is 2.31. The summed E-state index contributed by atoms with van der Waals surface area (Å²) < 4.78 is 0. The first-order valence-electron chi connectivity index (χ1n) is 10.3. The average molecular weight is 440 g/mol. The highest BCUT2D eigenvalue weighted by atomic mass is 32.1. The largest absolute Gasteiger partial charge is 0.380 e. The molecule has 8 heteroatoms. The number of aliphatic hydroxyl groups excluding tert-OH is 2. The second-order valence-corrected chi connectivity index (χ2v) is 8.61. The van der Waals surface area contributed by atoms with Crippen molar-refractivity contribution in [3.8, 4) is 0 Å². The monoisotopic (exact) mass is 439 g/mol. The van der Waals surface area contributed by atoms with Crippen molar-refractivity contribution in [2.75, 3.05) is 6.54 Å². The third-order valence-corrected chi connectivity index (χ3v) is 6.40. The van der Waals surface area contributed by atoms with E-state index in [-0.39, 0.29) is 6.54 Å². The van der Waals surface area contributed by atoms with Crippen LogP contribution in [0.15, 0.2) is 59.1 Å². The van der Waals surface area contributed by atoms with Gasteiger partial charge in [-0.15, -0.1) is 11.3 Å². The number of nitrogens with one attached hydrogen (secondary N) is 1. The van der Waals surface area contributed by atoms with Crippen molar-refractivity contribution in [1.29, 1.82) is 0 Å². The minimum absolute atomic E-state index is 0.123. The van der Waals surface area contributed by atoms with Crippen LogP contribution in [0.1, 0.15) is 35.5 Å². The Morgan fingerprint density at radius 3 is 2.77 bits per heavy atom. The number of hydrogen-bond donors (Lipinski definition) is 3. The Kier molecular flexibility index (Phi) is 6.60. The van der Waals surface area contributed by atoms with Gasteiger partial charge in [-0.05, 0) is 36.5 Å². The fraction of sp³-hybridized carbons (Fsp3) is 0.348. The molecular weight excluding hydrogens is 414 g/mol. The predicted molar refractivity (Wildman–Crippen MR) is 117 cm³/mol. The molecule has 2 aliphatic rings. The van der Waals surface area contributed by atoms with Crippen molar-refractivity contribution in [2.45, 2.75) is 44.4 Å². The van der Waals surface area contributed by atoms with Gasteiger partial charge in [0.25, 0.3) is 11.8 Å². The number of amides is 2. The molecule has 1 aromatic heterocycles. The fourth-order valence-electron chi connectivity index (χ4n) is 3.85. The summed E-state index contributed by atoms with van der Waals surface area (Å²) in [5.41, 5.74) is 4.01. The van der Waals surface area contributed by atoms with Crippen molar-refractivity contribution in [3.05, 3.63) is 75.4 Å². The lowest BCUT2D eigenvalue weighted by Crippen LogP contribution is -2.49. The van der Waals surface area contributed by atoms with Gasteiger partial charge >= 0.3 is 0 Å². The van der Waals surface area contributed by atoms with E-state index in [2.05, 4.69) is 10.3 Å². The lowest BCUT2D eigenvalue weighted by atomic mass is 10.0. The maximum Gasteiger partial charge on any atom is 0.259 e. The Balaban J connectivity index is 1.30. The standard InChI is InChI=1S/C23H25N3O4S/c27-20(21(28)23(30)26-11-10-16-8-4-5-9-18(16)26)22(29)24-13-19-25-17(14-31-19)12-15-6-2-1-3-7-15/h1-3,5-7,9,14,20-21,27-28H,4,8,10-13H2,(H,24,29)/t20-,21-/m1/s1. The molecule has 0 fully saturated rings. The number of nitrogens with zero attached hydrogens (tertiary/aromatic N) is 2. The molecule has 4 rings (SSSR count). The highest BCUT2D eigenvalue weighted by Gasteiger charge is 2.36. The van der Waals surface area contributed by atoms with Crippen molar-refractivity contribution in [2.24, 2.45) is 0 Å². The summed E-state index contributed by atoms with van der Waals surface area (Å²) in [5.74, 6) is -1.45. The van der Waals surface area contributed by atoms with E-state index in [1.54, 1.807) is 0 Å². The molecule has 0 saturated heterocycles. The van der Waals surface area contributed by atoms with Gasteiger partial charge in [-0.3, -0.25) is 9.59 Å². The summed E-state index contributed by atoms with van der Waals surface area (Å²) in [4.78, 5) is 30.9. The molecule has 31 heavy (non-hydrogen) atoms. The van der Waals surface area contributed by atoms with Gasteiger partial charge in [-0.25, -0.2) is 4.98 Å². The third-order valence-electron chi connectivity index (χ3n) is 5.51. The molecule has 0 unspecified atom stereocenters. The summed E-state index contributed by atoms with van der Waals surface area (Å²) >= 11 is 1.41. The van der Waals surface area contributed by atoms with Gasteiger partial charge in [0.15, 0.2) is 12.2 Å². The van der Waals surface area contributed by atoms with Gasteiger partial charge in [0.2, 0.25) is 0 Å². The Labute approximate surface area is 184 Å². The maximum atomic E-state index is 12.7. The number of hydrogen-bond acceptors (Lipinski definition) is 6. The molecule has 1 aromatic carbocycles. The minimum Gasteiger partial charge on any atom is -0.380 e. The minimum atomic E-state index is -1.84. The molecule has 2 amide bonds. The van der Waals surface area contributed by atoms with Crippen molar-refractivity contribution >= 4 is 23.2 Å². The number of carbonyl (C=O) groups is 2. The smallest absolute Gasteiger partial charge is 0.259 e. The van der Waals surface area contributed by atoms with Crippen LogP contribution in [0.4, 0.5) is 0 Å². The zero-order valence-electron chi connectivity index (χ0n) is 17.0. The Morgan fingerprint density at radius 1 is 1.16 bits per heavy atom. The predicted octanol–water partition coefficient (Wildman–Crippen LogP) is 1.91. The summed E-state index contributed by atoms with van der Waals surface area (Å²) in [6.45, 7) is 0.584. The van der Waals surface area contributed by atoms with Crippen LogP contribution in [0.25, 0.3) is 0 Å². The molecule has 0 radical (unpaired) electrons. The first-order chi connectivity index (χ1) is 15.0. The fourth-order valence-corrected chi connectivity index (χ4v) is 4.58. The molecule has 7 nitrogen and oxygen atoms in total. The van der Waals surface area contributed by atoms with Crippen LogP contribution >= 0.6 is 11.3 Å². The van der Waals surface area contributed by atoms with Crippen LogP contribution in [0.3, 0.4) is 0 Å². The number of benzene rings is 1. The number of aliphatic hydroxyl groups is 2. The third kappa shape index (κ3) is 4.92. The van der Waals surface area contributed by atoms with Gasteiger partial charge in [-0.1, -0.05) is 36.4 Å². The van der Waals surface area contributed by atoms with Gasteiger partial charge in [0.1, 0.15) is 5.01 Å². The van der Waals surface area contributed by atoms with E-state index in [0.717, 1.165) is 36.2 Å². The van der Waals surface area contributed by atoms with Gasteiger partial charge in [-0.2, -0.15) is 0 Å². The first-order valence-corrected chi connectivity index (χ1v) is 11.2. The van der Waals surface area contributed by atoms with E-state index >= 15 is 0 Å². The van der Waals surface area contributed by atoms with Crippen molar-refractivity contribution in [3.63, 3.8) is 0 Å². The zero-order valence-corrected chi connectivity index (χ0v) is 17.8. The quantitative estimate of drug-likeness (QED) is 0.612. The summed E-state index contributed by atoms with van der Waals surface area (Å²) in [5, 5.41) is 25.7. The zero-order chi connectivity index (χ0) is 21.8. The normalized spacial score (nSPS) is 17.4. The molecule has 0 spiro atoms. The Bertz CT molecular complexity index is 1010. The van der Waals surface area contributed by atoms with E-state index < -0.39 is 24.0 Å². The van der Waals surface area contributed by atoms with Crippen LogP contribution in [0.2, 0.25) is 0 Å². The van der Waals surface area contributed by atoms with Crippen molar-refractivity contribution in [1.82, 2.24) is 15.2 Å². The summed E-state index contributed by atoms with van der Waals surface area (Å²) in [6, 6.07) is 9.96. The second-order valence-electron chi connectivity index (χ2n) is 7.67. The number of rotatable bonds is 7. The van der Waals surface area contributed by atoms with Gasteiger partial charge < -0.3 is 20.4 Å². The number of thiazole rings is 1. The van der Waals surface area contributed by atoms with E-state index in [1.807, 2.05) is 47.9 Å². The van der Waals surface area contributed by atoms with Crippen LogP contribution in [-0.2, 0) is 22.6 Å². The molecule has 1 aliphatic heterocycles. The van der Waals surface area contributed by atoms with Crippen LogP contribution < -0.4 is 5.32 Å². The van der Waals surface area contributed by atoms with Crippen LogP contribution in [-0.4, -0.2) is 50.7 Å². The van der Waals surface area contributed by atoms with Crippen LogP contribution in [0, 0.1) is 0 Å². The molecule has 2 heterocycles. The van der Waals surface area contributed by atoms with Crippen LogP contribution in [0.5, 0.6) is 0 Å². The topological polar surface area (TPSA) is 103 Å². The molecule has 2 atom stereocenters. The molecule has 0 bridgehead atoms. The molecule has 3 N–H and O–H groups in total. The Hall–Kier alpha value is -2.81.